The molecule has 7 heteroatoms. The molecule has 0 spiro atoms. The van der Waals surface area contributed by atoms with Gasteiger partial charge in [-0.1, -0.05) is 30.3 Å². The van der Waals surface area contributed by atoms with Crippen molar-refractivity contribution in [3.63, 3.8) is 0 Å². The number of carbonyl (C=O) groups excluding carboxylic acids is 1. The van der Waals surface area contributed by atoms with E-state index in [1.54, 1.807) is 26.2 Å². The highest BCUT2D eigenvalue weighted by Crippen LogP contribution is 2.32. The first-order chi connectivity index (χ1) is 14.1. The highest BCUT2D eigenvalue weighted by molar-refractivity contribution is 7.17. The molecule has 0 saturated carbocycles. The Bertz CT molecular complexity index is 1230. The number of thiophene rings is 1. The van der Waals surface area contributed by atoms with E-state index in [1.165, 1.54) is 15.9 Å². The number of ether oxygens (including phenoxy) is 1. The van der Waals surface area contributed by atoms with E-state index >= 15 is 0 Å². The van der Waals surface area contributed by atoms with Gasteiger partial charge in [0.1, 0.15) is 22.9 Å². The molecule has 4 aromatic rings. The van der Waals surface area contributed by atoms with Gasteiger partial charge in [0.05, 0.1) is 12.5 Å². The molecule has 146 valence electrons. The molecule has 4 rings (SSSR count). The van der Waals surface area contributed by atoms with Crippen molar-refractivity contribution < 1.29 is 9.53 Å². The maximum Gasteiger partial charge on any atom is 0.263 e. The van der Waals surface area contributed by atoms with E-state index in [-0.39, 0.29) is 18.0 Å². The second-order valence-electron chi connectivity index (χ2n) is 6.52. The maximum absolute atomic E-state index is 13.2. The van der Waals surface area contributed by atoms with Gasteiger partial charge in [-0.25, -0.2) is 4.98 Å². The van der Waals surface area contributed by atoms with Crippen molar-refractivity contribution in [3.05, 3.63) is 76.2 Å². The van der Waals surface area contributed by atoms with Gasteiger partial charge in [0.25, 0.3) is 5.56 Å². The number of benzene rings is 2. The number of nitrogens with zero attached hydrogens (tertiary/aromatic N) is 2. The number of carbonyl (C=O) groups is 1. The molecule has 0 radical (unpaired) electrons. The van der Waals surface area contributed by atoms with Crippen LogP contribution in [0, 0.1) is 6.92 Å². The van der Waals surface area contributed by atoms with Crippen LogP contribution in [0.25, 0.3) is 21.3 Å². The number of para-hydroxylation sites is 1. The molecule has 2 aromatic carbocycles. The summed E-state index contributed by atoms with van der Waals surface area (Å²) >= 11 is 1.42. The van der Waals surface area contributed by atoms with Crippen molar-refractivity contribution >= 4 is 33.1 Å². The minimum atomic E-state index is -0.274. The minimum absolute atomic E-state index is 0.0968. The summed E-state index contributed by atoms with van der Waals surface area (Å²) in [7, 11) is 1.61. The van der Waals surface area contributed by atoms with E-state index in [0.29, 0.717) is 21.7 Å². The Morgan fingerprint density at radius 3 is 2.55 bits per heavy atom. The summed E-state index contributed by atoms with van der Waals surface area (Å²) in [5, 5.41) is 5.26. The zero-order chi connectivity index (χ0) is 20.4. The molecule has 0 saturated heterocycles. The molecule has 0 aliphatic heterocycles. The Morgan fingerprint density at radius 2 is 1.86 bits per heavy atom. The first kappa shape index (κ1) is 18.9. The van der Waals surface area contributed by atoms with Crippen molar-refractivity contribution in [3.8, 4) is 16.9 Å². The number of aryl methyl sites for hydroxylation is 1. The maximum atomic E-state index is 13.2. The van der Waals surface area contributed by atoms with Crippen molar-refractivity contribution in [1.82, 2.24) is 9.55 Å². The van der Waals surface area contributed by atoms with Crippen LogP contribution >= 0.6 is 11.3 Å². The van der Waals surface area contributed by atoms with Crippen LogP contribution in [-0.4, -0.2) is 22.6 Å². The third-order valence-electron chi connectivity index (χ3n) is 4.64. The predicted octanol–water partition coefficient (Wildman–Crippen LogP) is 4.08. The summed E-state index contributed by atoms with van der Waals surface area (Å²) in [4.78, 5) is 30.9. The minimum Gasteiger partial charge on any atom is -0.497 e. The van der Waals surface area contributed by atoms with Gasteiger partial charge in [0, 0.05) is 16.6 Å². The third kappa shape index (κ3) is 3.77. The van der Waals surface area contributed by atoms with E-state index < -0.39 is 0 Å². The third-order valence-corrected chi connectivity index (χ3v) is 5.52. The number of methoxy groups -OCH3 is 1. The number of hydrogen-bond donors (Lipinski definition) is 1. The van der Waals surface area contributed by atoms with Gasteiger partial charge in [-0.2, -0.15) is 0 Å². The number of rotatable bonds is 5. The lowest BCUT2D eigenvalue weighted by Crippen LogP contribution is -2.30. The molecule has 0 fully saturated rings. The Labute approximate surface area is 171 Å². The van der Waals surface area contributed by atoms with Crippen LogP contribution in [0.15, 0.2) is 64.8 Å². The molecule has 29 heavy (non-hydrogen) atoms. The fraction of sp³-hybridized carbons (Fsp3) is 0.136. The van der Waals surface area contributed by atoms with E-state index in [4.69, 9.17) is 4.74 Å². The first-order valence-corrected chi connectivity index (χ1v) is 9.93. The Balaban J connectivity index is 1.71. The average molecular weight is 405 g/mol. The van der Waals surface area contributed by atoms with Crippen molar-refractivity contribution in [2.45, 2.75) is 13.5 Å². The van der Waals surface area contributed by atoms with Gasteiger partial charge in [-0.3, -0.25) is 14.2 Å². The molecular weight excluding hydrogens is 386 g/mol. The smallest absolute Gasteiger partial charge is 0.263 e. The van der Waals surface area contributed by atoms with Crippen LogP contribution < -0.4 is 15.6 Å². The molecule has 6 nitrogen and oxygen atoms in total. The molecule has 1 N–H and O–H groups in total. The lowest BCUT2D eigenvalue weighted by Gasteiger charge is -2.11. The number of anilines is 1. The molecule has 0 unspecified atom stereocenters. The molecule has 2 aromatic heterocycles. The Morgan fingerprint density at radius 1 is 1.14 bits per heavy atom. The molecule has 2 heterocycles. The number of fused-ring (bicyclic) bond motifs is 1. The van der Waals surface area contributed by atoms with E-state index in [1.807, 2.05) is 47.8 Å². The molecule has 0 aliphatic carbocycles. The summed E-state index contributed by atoms with van der Waals surface area (Å²) in [5.41, 5.74) is 2.18. The average Bonchev–Trinajstić information content (AvgIpc) is 3.15. The Hall–Kier alpha value is -3.45. The SMILES string of the molecule is COc1ccc(-c2csc3nc(C)n(CC(=O)Nc4ccccc4)c(=O)c23)cc1. The van der Waals surface area contributed by atoms with Crippen LogP contribution in [0.1, 0.15) is 5.82 Å². The number of nitrogens with one attached hydrogen (secondary N) is 1. The van der Waals surface area contributed by atoms with Crippen LogP contribution in [0.3, 0.4) is 0 Å². The van der Waals surface area contributed by atoms with Gasteiger partial charge < -0.3 is 10.1 Å². The second kappa shape index (κ2) is 7.89. The lowest BCUT2D eigenvalue weighted by atomic mass is 10.1. The second-order valence-corrected chi connectivity index (χ2v) is 7.38. The molecule has 1 amide bonds. The van der Waals surface area contributed by atoms with Gasteiger partial charge in [0.15, 0.2) is 0 Å². The van der Waals surface area contributed by atoms with Crippen molar-refractivity contribution in [2.24, 2.45) is 0 Å². The summed E-state index contributed by atoms with van der Waals surface area (Å²) in [6.45, 7) is 1.64. The molecule has 0 bridgehead atoms. The van der Waals surface area contributed by atoms with Gasteiger partial charge in [-0.05, 0) is 36.8 Å². The number of amides is 1. The summed E-state index contributed by atoms with van der Waals surface area (Å²) in [6.07, 6.45) is 0. The highest BCUT2D eigenvalue weighted by Gasteiger charge is 2.17. The summed E-state index contributed by atoms with van der Waals surface area (Å²) < 4.78 is 6.62. The van der Waals surface area contributed by atoms with E-state index in [2.05, 4.69) is 10.3 Å². The van der Waals surface area contributed by atoms with Crippen LogP contribution in [0.2, 0.25) is 0 Å². The first-order valence-electron chi connectivity index (χ1n) is 9.05. The zero-order valence-electron chi connectivity index (χ0n) is 16.0. The standard InChI is InChI=1S/C22H19N3O3S/c1-14-23-21-20(18(13-29-21)15-8-10-17(28-2)11-9-15)22(27)25(14)12-19(26)24-16-6-4-3-5-7-16/h3-11,13H,12H2,1-2H3,(H,24,26). The fourth-order valence-corrected chi connectivity index (χ4v) is 4.14. The van der Waals surface area contributed by atoms with E-state index in [9.17, 15) is 9.59 Å². The zero-order valence-corrected chi connectivity index (χ0v) is 16.8. The lowest BCUT2D eigenvalue weighted by molar-refractivity contribution is -0.116. The van der Waals surface area contributed by atoms with Crippen LogP contribution in [0.5, 0.6) is 5.75 Å². The van der Waals surface area contributed by atoms with E-state index in [0.717, 1.165) is 16.9 Å². The van der Waals surface area contributed by atoms with Crippen molar-refractivity contribution in [2.75, 3.05) is 12.4 Å². The largest absolute Gasteiger partial charge is 0.497 e. The summed E-state index contributed by atoms with van der Waals surface area (Å²) in [6, 6.07) is 16.7. The van der Waals surface area contributed by atoms with Crippen molar-refractivity contribution in [1.29, 1.82) is 0 Å². The molecular formula is C22H19N3O3S. The van der Waals surface area contributed by atoms with Crippen LogP contribution in [-0.2, 0) is 11.3 Å². The predicted molar refractivity (Wildman–Crippen MR) is 116 cm³/mol. The normalized spacial score (nSPS) is 10.8. The molecule has 0 aliphatic rings. The number of hydrogen-bond acceptors (Lipinski definition) is 5. The summed E-state index contributed by atoms with van der Waals surface area (Å²) in [5.74, 6) is 0.981. The Kier molecular flexibility index (Phi) is 5.14. The number of aromatic nitrogens is 2. The monoisotopic (exact) mass is 405 g/mol. The van der Waals surface area contributed by atoms with Gasteiger partial charge in [-0.15, -0.1) is 11.3 Å². The topological polar surface area (TPSA) is 73.2 Å². The fourth-order valence-electron chi connectivity index (χ4n) is 3.16. The highest BCUT2D eigenvalue weighted by atomic mass is 32.1. The van der Waals surface area contributed by atoms with Gasteiger partial charge >= 0.3 is 0 Å². The van der Waals surface area contributed by atoms with Crippen LogP contribution in [0.4, 0.5) is 5.69 Å². The molecule has 0 atom stereocenters. The quantitative estimate of drug-likeness (QED) is 0.543. The van der Waals surface area contributed by atoms with Gasteiger partial charge in [0.2, 0.25) is 5.91 Å².